The first-order valence-electron chi connectivity index (χ1n) is 5.98. The smallest absolute Gasteiger partial charge is 0.416 e. The van der Waals surface area contributed by atoms with E-state index in [-0.39, 0.29) is 10.6 Å². The van der Waals surface area contributed by atoms with Gasteiger partial charge in [-0.15, -0.1) is 0 Å². The van der Waals surface area contributed by atoms with Crippen molar-refractivity contribution < 1.29 is 30.5 Å². The lowest BCUT2D eigenvalue weighted by Gasteiger charge is -2.10. The number of hydrogen-bond acceptors (Lipinski definition) is 4. The molecule has 2 aromatic carbocycles. The largest absolute Gasteiger partial charge is 0.497 e. The van der Waals surface area contributed by atoms with Gasteiger partial charge < -0.3 is 8.92 Å². The van der Waals surface area contributed by atoms with Crippen molar-refractivity contribution in [3.8, 4) is 11.5 Å². The Balaban J connectivity index is 2.26. The first kappa shape index (κ1) is 16.2. The Labute approximate surface area is 125 Å². The zero-order chi connectivity index (χ0) is 16.4. The van der Waals surface area contributed by atoms with Gasteiger partial charge in [0.1, 0.15) is 16.4 Å². The average molecular weight is 332 g/mol. The minimum absolute atomic E-state index is 0.000696. The van der Waals surface area contributed by atoms with Crippen molar-refractivity contribution in [2.75, 3.05) is 7.11 Å². The fraction of sp³-hybridized carbons (Fsp3) is 0.143. The van der Waals surface area contributed by atoms with E-state index in [0.29, 0.717) is 17.9 Å². The van der Waals surface area contributed by atoms with Gasteiger partial charge in [0.25, 0.3) is 0 Å². The molecule has 4 nitrogen and oxygen atoms in total. The van der Waals surface area contributed by atoms with E-state index in [1.165, 1.54) is 25.3 Å². The molecule has 0 heterocycles. The fourth-order valence-corrected chi connectivity index (χ4v) is 2.56. The Morgan fingerprint density at radius 2 is 1.55 bits per heavy atom. The molecular weight excluding hydrogens is 321 g/mol. The van der Waals surface area contributed by atoms with Gasteiger partial charge in [-0.1, -0.05) is 6.07 Å². The maximum atomic E-state index is 12.5. The highest BCUT2D eigenvalue weighted by Crippen LogP contribution is 2.30. The topological polar surface area (TPSA) is 52.6 Å². The molecule has 0 aliphatic carbocycles. The first-order valence-corrected chi connectivity index (χ1v) is 7.39. The lowest BCUT2D eigenvalue weighted by Crippen LogP contribution is -2.11. The molecule has 22 heavy (non-hydrogen) atoms. The Morgan fingerprint density at radius 1 is 0.955 bits per heavy atom. The van der Waals surface area contributed by atoms with Gasteiger partial charge in [-0.2, -0.15) is 21.6 Å². The monoisotopic (exact) mass is 332 g/mol. The van der Waals surface area contributed by atoms with E-state index in [4.69, 9.17) is 8.92 Å². The summed E-state index contributed by atoms with van der Waals surface area (Å²) in [4.78, 5) is -0.372. The summed E-state index contributed by atoms with van der Waals surface area (Å²) in [7, 11) is -2.82. The van der Waals surface area contributed by atoms with Gasteiger partial charge >= 0.3 is 16.3 Å². The van der Waals surface area contributed by atoms with E-state index in [9.17, 15) is 21.6 Å². The third-order valence-electron chi connectivity index (χ3n) is 2.72. The van der Waals surface area contributed by atoms with Crippen LogP contribution in [0.4, 0.5) is 13.2 Å². The molecule has 2 aromatic rings. The molecule has 0 atom stereocenters. The summed E-state index contributed by atoms with van der Waals surface area (Å²) in [5.74, 6) is 0.388. The molecule has 0 amide bonds. The van der Waals surface area contributed by atoms with Crippen LogP contribution in [0.15, 0.2) is 53.4 Å². The van der Waals surface area contributed by atoms with Crippen LogP contribution in [0, 0.1) is 0 Å². The van der Waals surface area contributed by atoms with E-state index in [2.05, 4.69) is 0 Å². The van der Waals surface area contributed by atoms with Crippen molar-refractivity contribution in [1.82, 2.24) is 0 Å². The lowest BCUT2D eigenvalue weighted by atomic mass is 10.2. The second kappa shape index (κ2) is 5.88. The average Bonchev–Trinajstić information content (AvgIpc) is 2.46. The highest BCUT2D eigenvalue weighted by atomic mass is 32.2. The van der Waals surface area contributed by atoms with Gasteiger partial charge in [-0.05, 0) is 36.4 Å². The third kappa shape index (κ3) is 3.70. The first-order chi connectivity index (χ1) is 10.2. The van der Waals surface area contributed by atoms with E-state index in [0.717, 1.165) is 12.1 Å². The van der Waals surface area contributed by atoms with Crippen LogP contribution in [0.3, 0.4) is 0 Å². The van der Waals surface area contributed by atoms with Gasteiger partial charge in [-0.25, -0.2) is 0 Å². The number of benzene rings is 2. The van der Waals surface area contributed by atoms with Crippen LogP contribution in [0.5, 0.6) is 11.5 Å². The number of rotatable bonds is 4. The van der Waals surface area contributed by atoms with Crippen LogP contribution < -0.4 is 8.92 Å². The summed E-state index contributed by atoms with van der Waals surface area (Å²) >= 11 is 0. The number of alkyl halides is 3. The summed E-state index contributed by atoms with van der Waals surface area (Å²) in [5.41, 5.74) is -0.937. The predicted molar refractivity (Wildman–Crippen MR) is 72.3 cm³/mol. The van der Waals surface area contributed by atoms with Gasteiger partial charge in [0.15, 0.2) is 0 Å². The fourth-order valence-electron chi connectivity index (χ4n) is 1.64. The molecule has 0 radical (unpaired) electrons. The normalized spacial score (nSPS) is 12.0. The van der Waals surface area contributed by atoms with Crippen molar-refractivity contribution >= 4 is 10.1 Å². The van der Waals surface area contributed by atoms with Crippen molar-refractivity contribution in [2.24, 2.45) is 0 Å². The Bertz CT molecular complexity index is 752. The van der Waals surface area contributed by atoms with Crippen molar-refractivity contribution in [1.29, 1.82) is 0 Å². The summed E-state index contributed by atoms with van der Waals surface area (Å²) in [6, 6.07) is 8.92. The SMILES string of the molecule is COc1cccc(OS(=O)(=O)c2ccc(C(F)(F)F)cc2)c1. The van der Waals surface area contributed by atoms with Crippen LogP contribution >= 0.6 is 0 Å². The Hall–Kier alpha value is -2.22. The van der Waals surface area contributed by atoms with Gasteiger partial charge in [-0.3, -0.25) is 0 Å². The van der Waals surface area contributed by atoms with E-state index in [1.807, 2.05) is 0 Å². The molecule has 8 heteroatoms. The zero-order valence-electron chi connectivity index (χ0n) is 11.3. The molecule has 0 aliphatic rings. The van der Waals surface area contributed by atoms with E-state index in [1.54, 1.807) is 6.07 Å². The number of halogens is 3. The van der Waals surface area contributed by atoms with Gasteiger partial charge in [0.2, 0.25) is 0 Å². The standard InChI is InChI=1S/C14H11F3O4S/c1-20-11-3-2-4-12(9-11)21-22(18,19)13-7-5-10(6-8-13)14(15,16)17/h2-9H,1H3. The van der Waals surface area contributed by atoms with E-state index >= 15 is 0 Å². The van der Waals surface area contributed by atoms with Crippen molar-refractivity contribution in [2.45, 2.75) is 11.1 Å². The summed E-state index contributed by atoms with van der Waals surface area (Å²) < 4.78 is 71.2. The predicted octanol–water partition coefficient (Wildman–Crippen LogP) is 3.48. The van der Waals surface area contributed by atoms with Crippen molar-refractivity contribution in [3.05, 3.63) is 54.1 Å². The molecule has 0 unspecified atom stereocenters. The molecule has 0 spiro atoms. The van der Waals surface area contributed by atoms with E-state index < -0.39 is 21.9 Å². The molecule has 118 valence electrons. The third-order valence-corrected chi connectivity index (χ3v) is 3.98. The summed E-state index contributed by atoms with van der Waals surface area (Å²) in [6.45, 7) is 0. The zero-order valence-corrected chi connectivity index (χ0v) is 12.1. The lowest BCUT2D eigenvalue weighted by molar-refractivity contribution is -0.137. The number of ether oxygens (including phenoxy) is 1. The van der Waals surface area contributed by atoms with Crippen LogP contribution in [0.2, 0.25) is 0 Å². The molecule has 0 N–H and O–H groups in total. The van der Waals surface area contributed by atoms with Crippen LogP contribution in [0.1, 0.15) is 5.56 Å². The van der Waals surface area contributed by atoms with Gasteiger partial charge in [0, 0.05) is 6.07 Å². The highest BCUT2D eigenvalue weighted by molar-refractivity contribution is 7.87. The number of methoxy groups -OCH3 is 1. The Morgan fingerprint density at radius 3 is 2.09 bits per heavy atom. The molecule has 0 fully saturated rings. The summed E-state index contributed by atoms with van der Waals surface area (Å²) in [5, 5.41) is 0. The van der Waals surface area contributed by atoms with Gasteiger partial charge in [0.05, 0.1) is 12.7 Å². The quantitative estimate of drug-likeness (QED) is 0.805. The second-order valence-electron chi connectivity index (χ2n) is 4.24. The molecular formula is C14H11F3O4S. The minimum atomic E-state index is -4.53. The van der Waals surface area contributed by atoms with Crippen molar-refractivity contribution in [3.63, 3.8) is 0 Å². The van der Waals surface area contributed by atoms with Crippen LogP contribution in [-0.4, -0.2) is 15.5 Å². The van der Waals surface area contributed by atoms with Crippen LogP contribution in [-0.2, 0) is 16.3 Å². The Kier molecular flexibility index (Phi) is 4.32. The molecule has 0 saturated heterocycles. The van der Waals surface area contributed by atoms with Crippen LogP contribution in [0.25, 0.3) is 0 Å². The maximum Gasteiger partial charge on any atom is 0.416 e. The second-order valence-corrected chi connectivity index (χ2v) is 5.78. The highest BCUT2D eigenvalue weighted by Gasteiger charge is 2.30. The minimum Gasteiger partial charge on any atom is -0.497 e. The molecule has 0 saturated carbocycles. The molecule has 0 aliphatic heterocycles. The summed E-state index contributed by atoms with van der Waals surface area (Å²) in [6.07, 6.45) is -4.53. The maximum absolute atomic E-state index is 12.5. The molecule has 0 bridgehead atoms. The molecule has 0 aromatic heterocycles. The number of hydrogen-bond donors (Lipinski definition) is 0. The molecule has 2 rings (SSSR count).